The average molecular weight is 314 g/mol. The van der Waals surface area contributed by atoms with Crippen molar-refractivity contribution in [1.82, 2.24) is 5.32 Å². The largest absolute Gasteiger partial charge is 0.347 e. The van der Waals surface area contributed by atoms with E-state index in [1.165, 1.54) is 13.0 Å². The summed E-state index contributed by atoms with van der Waals surface area (Å²) < 4.78 is 36.6. The summed E-state index contributed by atoms with van der Waals surface area (Å²) in [6.07, 6.45) is 3.66. The third-order valence-electron chi connectivity index (χ3n) is 4.16. The SMILES string of the molecule is CCC1(NC(=O)c2cc(C)c(F)c(S(N)(=O)=O)c2)CCC1. The lowest BCUT2D eigenvalue weighted by Gasteiger charge is -2.42. The van der Waals surface area contributed by atoms with Crippen molar-refractivity contribution < 1.29 is 17.6 Å². The third-order valence-corrected chi connectivity index (χ3v) is 5.07. The van der Waals surface area contributed by atoms with E-state index in [9.17, 15) is 17.6 Å². The number of benzene rings is 1. The molecule has 1 saturated carbocycles. The highest BCUT2D eigenvalue weighted by Gasteiger charge is 2.36. The highest BCUT2D eigenvalue weighted by molar-refractivity contribution is 7.89. The molecule has 3 N–H and O–H groups in total. The highest BCUT2D eigenvalue weighted by atomic mass is 32.2. The van der Waals surface area contributed by atoms with Gasteiger partial charge in [-0.05, 0) is 50.3 Å². The van der Waals surface area contributed by atoms with Gasteiger partial charge in [0.1, 0.15) is 10.7 Å². The van der Waals surface area contributed by atoms with Crippen LogP contribution < -0.4 is 10.5 Å². The van der Waals surface area contributed by atoms with Crippen molar-refractivity contribution in [1.29, 1.82) is 0 Å². The van der Waals surface area contributed by atoms with E-state index in [4.69, 9.17) is 5.14 Å². The predicted molar refractivity (Wildman–Crippen MR) is 76.8 cm³/mol. The molecule has 1 aliphatic carbocycles. The van der Waals surface area contributed by atoms with Gasteiger partial charge in [-0.25, -0.2) is 17.9 Å². The lowest BCUT2D eigenvalue weighted by Crippen LogP contribution is -2.53. The van der Waals surface area contributed by atoms with Crippen LogP contribution in [-0.4, -0.2) is 19.9 Å². The van der Waals surface area contributed by atoms with Crippen LogP contribution in [0.5, 0.6) is 0 Å². The lowest BCUT2D eigenvalue weighted by atomic mass is 9.74. The second kappa shape index (κ2) is 5.38. The van der Waals surface area contributed by atoms with Gasteiger partial charge in [0.05, 0.1) is 0 Å². The predicted octanol–water partition coefficient (Wildman–Crippen LogP) is 1.84. The third kappa shape index (κ3) is 3.08. The van der Waals surface area contributed by atoms with E-state index in [0.29, 0.717) is 0 Å². The Morgan fingerprint density at radius 3 is 2.48 bits per heavy atom. The van der Waals surface area contributed by atoms with E-state index in [1.807, 2.05) is 6.92 Å². The zero-order chi connectivity index (χ0) is 15.8. The molecular weight excluding hydrogens is 295 g/mol. The molecule has 1 aromatic rings. The van der Waals surface area contributed by atoms with Crippen molar-refractivity contribution in [3.05, 3.63) is 29.1 Å². The lowest BCUT2D eigenvalue weighted by molar-refractivity contribution is 0.0820. The summed E-state index contributed by atoms with van der Waals surface area (Å²) in [5, 5.41) is 7.91. The quantitative estimate of drug-likeness (QED) is 0.888. The monoisotopic (exact) mass is 314 g/mol. The smallest absolute Gasteiger partial charge is 0.251 e. The van der Waals surface area contributed by atoms with Crippen LogP contribution in [0.2, 0.25) is 0 Å². The number of carbonyl (C=O) groups excluding carboxylic acids is 1. The van der Waals surface area contributed by atoms with Gasteiger partial charge in [0, 0.05) is 11.1 Å². The van der Waals surface area contributed by atoms with Gasteiger partial charge < -0.3 is 5.32 Å². The number of hydrogen-bond acceptors (Lipinski definition) is 3. The van der Waals surface area contributed by atoms with Crippen molar-refractivity contribution in [2.75, 3.05) is 0 Å². The maximum Gasteiger partial charge on any atom is 0.251 e. The summed E-state index contributed by atoms with van der Waals surface area (Å²) in [6.45, 7) is 3.39. The molecule has 0 spiro atoms. The first-order valence-corrected chi connectivity index (χ1v) is 8.39. The van der Waals surface area contributed by atoms with E-state index >= 15 is 0 Å². The molecule has 2 rings (SSSR count). The number of carbonyl (C=O) groups is 1. The van der Waals surface area contributed by atoms with E-state index in [2.05, 4.69) is 5.32 Å². The number of amides is 1. The van der Waals surface area contributed by atoms with Gasteiger partial charge in [-0.1, -0.05) is 6.92 Å². The standard InChI is InChI=1S/C14H19FN2O3S/c1-3-14(5-4-6-14)17-13(18)10-7-9(2)12(15)11(8-10)21(16,19)20/h7-8H,3-6H2,1-2H3,(H,17,18)(H2,16,19,20). The topological polar surface area (TPSA) is 89.3 Å². The Morgan fingerprint density at radius 1 is 1.43 bits per heavy atom. The molecule has 0 heterocycles. The molecule has 1 amide bonds. The Hall–Kier alpha value is -1.47. The molecule has 1 fully saturated rings. The summed E-state index contributed by atoms with van der Waals surface area (Å²) in [6, 6.07) is 2.33. The zero-order valence-electron chi connectivity index (χ0n) is 12.1. The molecular formula is C14H19FN2O3S. The average Bonchev–Trinajstić information content (AvgIpc) is 2.35. The Labute approximate surface area is 123 Å². The summed E-state index contributed by atoms with van der Waals surface area (Å²) >= 11 is 0. The van der Waals surface area contributed by atoms with Gasteiger partial charge in [-0.2, -0.15) is 0 Å². The number of sulfonamides is 1. The van der Waals surface area contributed by atoms with Crippen molar-refractivity contribution in [3.8, 4) is 0 Å². The number of halogens is 1. The summed E-state index contributed by atoms with van der Waals surface area (Å²) in [7, 11) is -4.21. The summed E-state index contributed by atoms with van der Waals surface area (Å²) in [5.74, 6) is -1.31. The molecule has 0 aliphatic heterocycles. The maximum absolute atomic E-state index is 13.8. The first-order valence-electron chi connectivity index (χ1n) is 6.84. The van der Waals surface area contributed by atoms with Crippen molar-refractivity contribution in [2.45, 2.75) is 50.0 Å². The van der Waals surface area contributed by atoms with Gasteiger partial charge >= 0.3 is 0 Å². The van der Waals surface area contributed by atoms with Gasteiger partial charge in [0.2, 0.25) is 10.0 Å². The molecule has 7 heteroatoms. The van der Waals surface area contributed by atoms with Crippen LogP contribution in [0.15, 0.2) is 17.0 Å². The van der Waals surface area contributed by atoms with Gasteiger partial charge in [0.25, 0.3) is 5.91 Å². The fourth-order valence-electron chi connectivity index (χ4n) is 2.56. The van der Waals surface area contributed by atoms with Crippen molar-refractivity contribution in [3.63, 3.8) is 0 Å². The molecule has 1 aromatic carbocycles. The molecule has 0 atom stereocenters. The van der Waals surface area contributed by atoms with Crippen LogP contribution in [0, 0.1) is 12.7 Å². The normalized spacial score (nSPS) is 17.1. The molecule has 1 aliphatic rings. The first kappa shape index (κ1) is 15.9. The number of primary sulfonamides is 1. The Bertz CT molecular complexity index is 676. The molecule has 0 radical (unpaired) electrons. The number of nitrogens with one attached hydrogen (secondary N) is 1. The van der Waals surface area contributed by atoms with Crippen molar-refractivity contribution >= 4 is 15.9 Å². The minimum Gasteiger partial charge on any atom is -0.347 e. The van der Waals surface area contributed by atoms with Gasteiger partial charge in [-0.15, -0.1) is 0 Å². The fraction of sp³-hybridized carbons (Fsp3) is 0.500. The highest BCUT2D eigenvalue weighted by Crippen LogP contribution is 2.35. The molecule has 0 saturated heterocycles. The maximum atomic E-state index is 13.8. The number of aryl methyl sites for hydroxylation is 1. The van der Waals surface area contributed by atoms with Crippen molar-refractivity contribution in [2.24, 2.45) is 5.14 Å². The first-order chi connectivity index (χ1) is 9.68. The zero-order valence-corrected chi connectivity index (χ0v) is 12.9. The molecule has 5 nitrogen and oxygen atoms in total. The fourth-order valence-corrected chi connectivity index (χ4v) is 3.26. The van der Waals surface area contributed by atoms with E-state index < -0.39 is 26.6 Å². The second-order valence-corrected chi connectivity index (χ2v) is 7.12. The van der Waals surface area contributed by atoms with E-state index in [-0.39, 0.29) is 16.7 Å². The summed E-state index contributed by atoms with van der Waals surface area (Å²) in [5.41, 5.74) is -0.0373. The van der Waals surface area contributed by atoms with Crippen LogP contribution in [0.4, 0.5) is 4.39 Å². The Kier molecular flexibility index (Phi) is 4.08. The second-order valence-electron chi connectivity index (χ2n) is 5.59. The van der Waals surface area contributed by atoms with E-state index in [1.54, 1.807) is 0 Å². The number of nitrogens with two attached hydrogens (primary N) is 1. The van der Waals surface area contributed by atoms with Crippen LogP contribution in [0.25, 0.3) is 0 Å². The van der Waals surface area contributed by atoms with Crippen LogP contribution in [-0.2, 0) is 10.0 Å². The van der Waals surface area contributed by atoms with Crippen LogP contribution >= 0.6 is 0 Å². The minimum atomic E-state index is -4.21. The van der Waals surface area contributed by atoms with E-state index in [0.717, 1.165) is 31.7 Å². The number of hydrogen-bond donors (Lipinski definition) is 2. The molecule has 21 heavy (non-hydrogen) atoms. The number of rotatable bonds is 4. The Morgan fingerprint density at radius 2 is 2.05 bits per heavy atom. The summed E-state index contributed by atoms with van der Waals surface area (Å²) in [4.78, 5) is 11.6. The van der Waals surface area contributed by atoms with Crippen LogP contribution in [0.1, 0.15) is 48.5 Å². The molecule has 0 unspecified atom stereocenters. The van der Waals surface area contributed by atoms with Gasteiger partial charge in [-0.3, -0.25) is 4.79 Å². The molecule has 116 valence electrons. The van der Waals surface area contributed by atoms with Gasteiger partial charge in [0.15, 0.2) is 0 Å². The molecule has 0 aromatic heterocycles. The minimum absolute atomic E-state index is 0.0748. The molecule has 0 bridgehead atoms. The Balaban J connectivity index is 2.36. The van der Waals surface area contributed by atoms with Crippen LogP contribution in [0.3, 0.4) is 0 Å².